The summed E-state index contributed by atoms with van der Waals surface area (Å²) in [6.07, 6.45) is 2.75. The smallest absolute Gasteiger partial charge is 0.217 e. The molecule has 4 unspecified atom stereocenters. The van der Waals surface area contributed by atoms with Gasteiger partial charge < -0.3 is 14.2 Å². The molecule has 1 aromatic carbocycles. The summed E-state index contributed by atoms with van der Waals surface area (Å²) in [6, 6.07) is 13.4. The Morgan fingerprint density at radius 1 is 1.10 bits per heavy atom. The molecule has 1 N–H and O–H groups in total. The highest BCUT2D eigenvalue weighted by molar-refractivity contribution is 5.89. The lowest BCUT2D eigenvalue weighted by atomic mass is 9.52. The number of ether oxygens (including phenoxy) is 3. The number of hydrogen-bond acceptors (Lipinski definition) is 7. The van der Waals surface area contributed by atoms with Gasteiger partial charge in [0.25, 0.3) is 0 Å². The Labute approximate surface area is 169 Å². The van der Waals surface area contributed by atoms with Gasteiger partial charge in [-0.1, -0.05) is 25.0 Å². The van der Waals surface area contributed by atoms with E-state index in [4.69, 9.17) is 19.6 Å². The summed E-state index contributed by atoms with van der Waals surface area (Å²) >= 11 is 0. The Morgan fingerprint density at radius 2 is 1.83 bits per heavy atom. The molecule has 1 aromatic rings. The maximum atomic E-state index is 10.3. The van der Waals surface area contributed by atoms with Crippen LogP contribution in [0.5, 0.6) is 5.75 Å². The van der Waals surface area contributed by atoms with E-state index in [-0.39, 0.29) is 5.90 Å². The molecule has 0 radical (unpaired) electrons. The van der Waals surface area contributed by atoms with Crippen molar-refractivity contribution in [2.75, 3.05) is 6.61 Å². The fourth-order valence-electron chi connectivity index (χ4n) is 5.24. The fourth-order valence-corrected chi connectivity index (χ4v) is 5.24. The van der Waals surface area contributed by atoms with Crippen LogP contribution in [0.15, 0.2) is 24.3 Å². The van der Waals surface area contributed by atoms with E-state index in [0.29, 0.717) is 30.8 Å². The molecule has 1 aliphatic carbocycles. The van der Waals surface area contributed by atoms with Gasteiger partial charge in [-0.05, 0) is 37.5 Å². The molecule has 4 atom stereocenters. The summed E-state index contributed by atoms with van der Waals surface area (Å²) in [6.45, 7) is 2.41. The highest BCUT2D eigenvalue weighted by Crippen LogP contribution is 2.69. The molecular weight excluding hydrogens is 368 g/mol. The van der Waals surface area contributed by atoms with Gasteiger partial charge in [0, 0.05) is 6.42 Å². The maximum Gasteiger partial charge on any atom is 0.217 e. The third-order valence-corrected chi connectivity index (χ3v) is 6.56. The van der Waals surface area contributed by atoms with Gasteiger partial charge in [0.05, 0.1) is 30.7 Å². The summed E-state index contributed by atoms with van der Waals surface area (Å²) in [5.41, 5.74) is -2.96. The van der Waals surface area contributed by atoms with Gasteiger partial charge in [0.2, 0.25) is 17.1 Å². The van der Waals surface area contributed by atoms with Crippen molar-refractivity contribution in [3.05, 3.63) is 29.8 Å². The van der Waals surface area contributed by atoms with Crippen LogP contribution in [0.1, 0.15) is 50.7 Å². The minimum atomic E-state index is -1.89. The molecule has 7 heteroatoms. The number of hydrogen-bond donors (Lipinski definition) is 1. The zero-order valence-corrected chi connectivity index (χ0v) is 16.3. The van der Waals surface area contributed by atoms with E-state index in [1.165, 1.54) is 0 Å². The van der Waals surface area contributed by atoms with Crippen molar-refractivity contribution >= 4 is 5.90 Å². The molecule has 1 saturated carbocycles. The molecule has 0 aromatic heterocycles. The highest BCUT2D eigenvalue weighted by Gasteiger charge is 2.80. The van der Waals surface area contributed by atoms with Crippen molar-refractivity contribution in [2.45, 2.75) is 50.9 Å². The van der Waals surface area contributed by atoms with Crippen molar-refractivity contribution < 1.29 is 14.2 Å². The number of benzene rings is 1. The largest absolute Gasteiger partial charge is 0.494 e. The van der Waals surface area contributed by atoms with Crippen molar-refractivity contribution in [1.82, 2.24) is 0 Å². The predicted molar refractivity (Wildman–Crippen MR) is 101 cm³/mol. The van der Waals surface area contributed by atoms with Crippen molar-refractivity contribution in [2.24, 2.45) is 16.7 Å². The lowest BCUT2D eigenvalue weighted by Gasteiger charge is -2.49. The first-order valence-corrected chi connectivity index (χ1v) is 9.96. The SMILES string of the molecule is CCOc1ccc(C2OC34CCCCCC3C(C#N)(C(=N)O4)C2(C#N)C#N)cc1. The Morgan fingerprint density at radius 3 is 2.45 bits per heavy atom. The Hall–Kier alpha value is -3.08. The van der Waals surface area contributed by atoms with Crippen LogP contribution in [0.25, 0.3) is 0 Å². The lowest BCUT2D eigenvalue weighted by Crippen LogP contribution is -2.59. The standard InChI is InChI=1S/C22H22N4O3/c1-2-27-16-9-7-15(8-10-16)18-20(12-23,13-24)21(14-25)17-6-4-3-5-11-22(17,28-18)29-19(21)26/h7-10,17-18,26H,2-6,11H2,1H3. The van der Waals surface area contributed by atoms with Crippen LogP contribution >= 0.6 is 0 Å². The number of rotatable bonds is 3. The quantitative estimate of drug-likeness (QED) is 0.832. The topological polar surface area (TPSA) is 123 Å². The van der Waals surface area contributed by atoms with E-state index >= 15 is 0 Å². The summed E-state index contributed by atoms with van der Waals surface area (Å²) in [5.74, 6) is -1.32. The fraction of sp³-hybridized carbons (Fsp3) is 0.545. The number of nitrogens with one attached hydrogen (secondary N) is 1. The van der Waals surface area contributed by atoms with E-state index in [1.54, 1.807) is 24.3 Å². The van der Waals surface area contributed by atoms with Gasteiger partial charge in [-0.3, -0.25) is 5.41 Å². The zero-order chi connectivity index (χ0) is 20.7. The second-order valence-electron chi connectivity index (χ2n) is 7.85. The minimum Gasteiger partial charge on any atom is -0.494 e. The van der Waals surface area contributed by atoms with E-state index < -0.39 is 28.6 Å². The number of nitriles is 3. The van der Waals surface area contributed by atoms with Crippen LogP contribution in [0.4, 0.5) is 0 Å². The molecule has 0 amide bonds. The van der Waals surface area contributed by atoms with Gasteiger partial charge in [0.1, 0.15) is 11.9 Å². The summed E-state index contributed by atoms with van der Waals surface area (Å²) in [7, 11) is 0. The molecule has 7 nitrogen and oxygen atoms in total. The highest BCUT2D eigenvalue weighted by atomic mass is 16.7. The van der Waals surface area contributed by atoms with Gasteiger partial charge in [-0.15, -0.1) is 0 Å². The first-order valence-electron chi connectivity index (χ1n) is 9.96. The molecule has 4 rings (SSSR count). The molecule has 2 aliphatic heterocycles. The molecule has 0 spiro atoms. The zero-order valence-electron chi connectivity index (χ0n) is 16.3. The molecule has 148 valence electrons. The van der Waals surface area contributed by atoms with Crippen LogP contribution in [0, 0.1) is 56.2 Å². The predicted octanol–water partition coefficient (Wildman–Crippen LogP) is 3.98. The van der Waals surface area contributed by atoms with Gasteiger partial charge in [-0.25, -0.2) is 0 Å². The van der Waals surface area contributed by atoms with Crippen LogP contribution in [0.2, 0.25) is 0 Å². The third-order valence-electron chi connectivity index (χ3n) is 6.56. The van der Waals surface area contributed by atoms with Crippen LogP contribution in [0.3, 0.4) is 0 Å². The lowest BCUT2D eigenvalue weighted by molar-refractivity contribution is -0.284. The van der Waals surface area contributed by atoms with Crippen LogP contribution in [-0.2, 0) is 9.47 Å². The Balaban J connectivity index is 1.91. The second kappa shape index (κ2) is 6.76. The molecular formula is C22H22N4O3. The summed E-state index contributed by atoms with van der Waals surface area (Å²) < 4.78 is 17.9. The molecule has 2 bridgehead atoms. The molecule has 3 aliphatic rings. The van der Waals surface area contributed by atoms with Gasteiger partial charge in [0.15, 0.2) is 5.41 Å². The molecule has 3 fully saturated rings. The van der Waals surface area contributed by atoms with E-state index in [9.17, 15) is 15.8 Å². The van der Waals surface area contributed by atoms with Gasteiger partial charge in [-0.2, -0.15) is 15.8 Å². The Bertz CT molecular complexity index is 940. The third kappa shape index (κ3) is 2.33. The maximum absolute atomic E-state index is 10.3. The number of nitrogens with zero attached hydrogens (tertiary/aromatic N) is 3. The molecule has 29 heavy (non-hydrogen) atoms. The minimum absolute atomic E-state index is 0.316. The monoisotopic (exact) mass is 390 g/mol. The normalized spacial score (nSPS) is 34.5. The first kappa shape index (κ1) is 19.2. The molecule has 2 heterocycles. The van der Waals surface area contributed by atoms with Crippen LogP contribution in [-0.4, -0.2) is 18.3 Å². The summed E-state index contributed by atoms with van der Waals surface area (Å²) in [5, 5.41) is 39.3. The van der Waals surface area contributed by atoms with E-state index in [0.717, 1.165) is 19.3 Å². The van der Waals surface area contributed by atoms with Crippen molar-refractivity contribution in [3.63, 3.8) is 0 Å². The molecule has 2 saturated heterocycles. The Kier molecular flexibility index (Phi) is 4.49. The second-order valence-corrected chi connectivity index (χ2v) is 7.85. The average Bonchev–Trinajstić information content (AvgIpc) is 2.86. The van der Waals surface area contributed by atoms with Crippen LogP contribution < -0.4 is 4.74 Å². The van der Waals surface area contributed by atoms with E-state index in [1.807, 2.05) is 6.92 Å². The first-order chi connectivity index (χ1) is 14.0. The summed E-state index contributed by atoms with van der Waals surface area (Å²) in [4.78, 5) is 0. The van der Waals surface area contributed by atoms with Gasteiger partial charge >= 0.3 is 0 Å². The van der Waals surface area contributed by atoms with E-state index in [2.05, 4.69) is 18.2 Å². The van der Waals surface area contributed by atoms with Crippen molar-refractivity contribution in [3.8, 4) is 24.0 Å². The average molecular weight is 390 g/mol. The van der Waals surface area contributed by atoms with Crippen molar-refractivity contribution in [1.29, 1.82) is 21.2 Å².